The largest absolute Gasteiger partial charge is 0.435 e. The molecule has 0 saturated heterocycles. The van der Waals surface area contributed by atoms with Crippen molar-refractivity contribution in [3.05, 3.63) is 29.8 Å². The molecule has 1 aromatic rings. The van der Waals surface area contributed by atoms with Crippen molar-refractivity contribution < 1.29 is 13.5 Å². The number of nitrogens with two attached hydrogens (primary N) is 1. The molecule has 13 heavy (non-hydrogen) atoms. The standard InChI is InChI=1S/C9H11F2NO/c1-6(12)7-2-4-8(5-3-7)13-9(10)11/h2-6,9H,12H2,1H3. The van der Waals surface area contributed by atoms with Gasteiger partial charge >= 0.3 is 6.61 Å². The van der Waals surface area contributed by atoms with Crippen LogP contribution >= 0.6 is 0 Å². The van der Waals surface area contributed by atoms with E-state index >= 15 is 0 Å². The summed E-state index contributed by atoms with van der Waals surface area (Å²) in [5, 5.41) is 0. The van der Waals surface area contributed by atoms with E-state index in [1.807, 2.05) is 6.92 Å². The molecule has 4 heteroatoms. The predicted molar refractivity (Wildman–Crippen MR) is 45.7 cm³/mol. The van der Waals surface area contributed by atoms with Crippen LogP contribution in [0.3, 0.4) is 0 Å². The monoisotopic (exact) mass is 187 g/mol. The summed E-state index contributed by atoms with van der Waals surface area (Å²) >= 11 is 0. The van der Waals surface area contributed by atoms with E-state index in [1.165, 1.54) is 12.1 Å². The summed E-state index contributed by atoms with van der Waals surface area (Å²) in [6.07, 6.45) is 0. The number of ether oxygens (including phenoxy) is 1. The van der Waals surface area contributed by atoms with Crippen LogP contribution in [0.1, 0.15) is 18.5 Å². The van der Waals surface area contributed by atoms with Gasteiger partial charge in [0.25, 0.3) is 0 Å². The topological polar surface area (TPSA) is 35.2 Å². The van der Waals surface area contributed by atoms with Gasteiger partial charge in [0.05, 0.1) is 0 Å². The van der Waals surface area contributed by atoms with E-state index in [-0.39, 0.29) is 11.8 Å². The number of hydrogen-bond acceptors (Lipinski definition) is 2. The SMILES string of the molecule is CC(N)c1ccc(OC(F)F)cc1. The molecule has 2 nitrogen and oxygen atoms in total. The molecule has 0 fully saturated rings. The molecule has 0 aliphatic carbocycles. The Morgan fingerprint density at radius 3 is 2.15 bits per heavy atom. The van der Waals surface area contributed by atoms with Crippen molar-refractivity contribution in [2.45, 2.75) is 19.6 Å². The summed E-state index contributed by atoms with van der Waals surface area (Å²) in [7, 11) is 0. The molecule has 0 aromatic heterocycles. The number of hydrogen-bond donors (Lipinski definition) is 1. The molecule has 0 saturated carbocycles. The van der Waals surface area contributed by atoms with Crippen LogP contribution < -0.4 is 10.5 Å². The first kappa shape index (κ1) is 9.92. The Hall–Kier alpha value is -1.16. The van der Waals surface area contributed by atoms with Gasteiger partial charge in [-0.25, -0.2) is 0 Å². The van der Waals surface area contributed by atoms with E-state index < -0.39 is 6.61 Å². The van der Waals surface area contributed by atoms with Crippen molar-refractivity contribution >= 4 is 0 Å². The third kappa shape index (κ3) is 2.99. The number of benzene rings is 1. The van der Waals surface area contributed by atoms with Gasteiger partial charge in [0.1, 0.15) is 5.75 Å². The maximum absolute atomic E-state index is 11.7. The molecule has 1 rings (SSSR count). The Morgan fingerprint density at radius 2 is 1.77 bits per heavy atom. The third-order valence-electron chi connectivity index (χ3n) is 1.63. The van der Waals surface area contributed by atoms with Crippen LogP contribution in [0, 0.1) is 0 Å². The zero-order valence-electron chi connectivity index (χ0n) is 7.21. The molecular formula is C9H11F2NO. The second-order valence-corrected chi connectivity index (χ2v) is 2.74. The van der Waals surface area contributed by atoms with E-state index in [2.05, 4.69) is 4.74 Å². The first-order chi connectivity index (χ1) is 6.09. The first-order valence-electron chi connectivity index (χ1n) is 3.90. The fourth-order valence-electron chi connectivity index (χ4n) is 0.953. The molecular weight excluding hydrogens is 176 g/mol. The molecule has 0 heterocycles. The molecule has 1 atom stereocenters. The zero-order valence-corrected chi connectivity index (χ0v) is 7.21. The second kappa shape index (κ2) is 4.18. The van der Waals surface area contributed by atoms with Gasteiger partial charge in [0.2, 0.25) is 0 Å². The number of halogens is 2. The Bertz CT molecular complexity index is 259. The van der Waals surface area contributed by atoms with E-state index in [0.717, 1.165) is 5.56 Å². The summed E-state index contributed by atoms with van der Waals surface area (Å²) < 4.78 is 27.6. The summed E-state index contributed by atoms with van der Waals surface area (Å²) in [6.45, 7) is -0.954. The van der Waals surface area contributed by atoms with Crippen molar-refractivity contribution in [2.75, 3.05) is 0 Å². The van der Waals surface area contributed by atoms with Crippen molar-refractivity contribution in [3.63, 3.8) is 0 Å². The normalized spacial score (nSPS) is 13.0. The first-order valence-corrected chi connectivity index (χ1v) is 3.90. The number of rotatable bonds is 3. The van der Waals surface area contributed by atoms with Crippen molar-refractivity contribution in [2.24, 2.45) is 5.73 Å². The highest BCUT2D eigenvalue weighted by Crippen LogP contribution is 2.17. The lowest BCUT2D eigenvalue weighted by Gasteiger charge is -2.07. The highest BCUT2D eigenvalue weighted by atomic mass is 19.3. The smallest absolute Gasteiger partial charge is 0.387 e. The predicted octanol–water partition coefficient (Wildman–Crippen LogP) is 2.31. The minimum atomic E-state index is -2.78. The summed E-state index contributed by atoms with van der Waals surface area (Å²) in [5.41, 5.74) is 6.47. The van der Waals surface area contributed by atoms with Crippen LogP contribution in [0.4, 0.5) is 8.78 Å². The summed E-state index contributed by atoms with van der Waals surface area (Å²) in [5.74, 6) is 0.152. The molecule has 0 spiro atoms. The van der Waals surface area contributed by atoms with Gasteiger partial charge in [-0.2, -0.15) is 8.78 Å². The molecule has 0 radical (unpaired) electrons. The van der Waals surface area contributed by atoms with E-state index in [1.54, 1.807) is 12.1 Å². The fourth-order valence-corrected chi connectivity index (χ4v) is 0.953. The third-order valence-corrected chi connectivity index (χ3v) is 1.63. The zero-order chi connectivity index (χ0) is 9.84. The van der Waals surface area contributed by atoms with Crippen LogP contribution in [-0.4, -0.2) is 6.61 Å². The average Bonchev–Trinajstić information content (AvgIpc) is 2.04. The van der Waals surface area contributed by atoms with Gasteiger partial charge < -0.3 is 10.5 Å². The van der Waals surface area contributed by atoms with Crippen LogP contribution in [0.2, 0.25) is 0 Å². The van der Waals surface area contributed by atoms with Crippen molar-refractivity contribution in [1.82, 2.24) is 0 Å². The van der Waals surface area contributed by atoms with Crippen LogP contribution in [-0.2, 0) is 0 Å². The van der Waals surface area contributed by atoms with Gasteiger partial charge in [-0.1, -0.05) is 12.1 Å². The molecule has 0 bridgehead atoms. The second-order valence-electron chi connectivity index (χ2n) is 2.74. The highest BCUT2D eigenvalue weighted by Gasteiger charge is 2.04. The Kier molecular flexibility index (Phi) is 3.19. The lowest BCUT2D eigenvalue weighted by Crippen LogP contribution is -2.05. The Labute approximate surface area is 75.3 Å². The number of alkyl halides is 2. The van der Waals surface area contributed by atoms with Gasteiger partial charge in [-0.3, -0.25) is 0 Å². The fraction of sp³-hybridized carbons (Fsp3) is 0.333. The van der Waals surface area contributed by atoms with Gasteiger partial charge in [-0.05, 0) is 24.6 Å². The lowest BCUT2D eigenvalue weighted by molar-refractivity contribution is -0.0498. The molecule has 1 aromatic carbocycles. The summed E-state index contributed by atoms with van der Waals surface area (Å²) in [4.78, 5) is 0. The van der Waals surface area contributed by atoms with Crippen molar-refractivity contribution in [1.29, 1.82) is 0 Å². The van der Waals surface area contributed by atoms with Crippen molar-refractivity contribution in [3.8, 4) is 5.75 Å². The minimum Gasteiger partial charge on any atom is -0.435 e. The van der Waals surface area contributed by atoms with E-state index in [9.17, 15) is 8.78 Å². The van der Waals surface area contributed by atoms with Gasteiger partial charge in [-0.15, -0.1) is 0 Å². The van der Waals surface area contributed by atoms with Gasteiger partial charge in [0.15, 0.2) is 0 Å². The molecule has 0 aliphatic rings. The Balaban J connectivity index is 2.70. The average molecular weight is 187 g/mol. The van der Waals surface area contributed by atoms with E-state index in [4.69, 9.17) is 5.73 Å². The summed E-state index contributed by atoms with van der Waals surface area (Å²) in [6, 6.07) is 6.20. The molecule has 72 valence electrons. The quantitative estimate of drug-likeness (QED) is 0.788. The minimum absolute atomic E-state index is 0.0967. The maximum Gasteiger partial charge on any atom is 0.387 e. The molecule has 0 amide bonds. The van der Waals surface area contributed by atoms with Crippen LogP contribution in [0.5, 0.6) is 5.75 Å². The maximum atomic E-state index is 11.7. The van der Waals surface area contributed by atoms with E-state index in [0.29, 0.717) is 0 Å². The highest BCUT2D eigenvalue weighted by molar-refractivity contribution is 5.28. The van der Waals surface area contributed by atoms with Gasteiger partial charge in [0, 0.05) is 6.04 Å². The molecule has 0 aliphatic heterocycles. The molecule has 1 unspecified atom stereocenters. The molecule has 2 N–H and O–H groups in total. The Morgan fingerprint density at radius 1 is 1.23 bits per heavy atom. The lowest BCUT2D eigenvalue weighted by atomic mass is 10.1. The van der Waals surface area contributed by atoms with Crippen LogP contribution in [0.25, 0.3) is 0 Å². The van der Waals surface area contributed by atoms with Crippen LogP contribution in [0.15, 0.2) is 24.3 Å².